The number of allylic oxidation sites excluding steroid dienone is 8. The van der Waals surface area contributed by atoms with Crippen LogP contribution >= 0.6 is 0 Å². The van der Waals surface area contributed by atoms with Gasteiger partial charge in [0.1, 0.15) is 13.2 Å². The lowest BCUT2D eigenvalue weighted by Gasteiger charge is -2.25. The van der Waals surface area contributed by atoms with Crippen LogP contribution in [-0.2, 0) is 33.3 Å². The molecule has 0 aromatic rings. The van der Waals surface area contributed by atoms with Crippen molar-refractivity contribution in [2.45, 2.75) is 245 Å². The van der Waals surface area contributed by atoms with Gasteiger partial charge in [-0.3, -0.25) is 9.59 Å². The number of hydrogen-bond acceptors (Lipinski definition) is 7. The molecule has 0 aromatic carbocycles. The number of carboxylic acid groups (broad SMARTS) is 1. The van der Waals surface area contributed by atoms with Crippen molar-refractivity contribution in [2.24, 2.45) is 0 Å². The lowest BCUT2D eigenvalue weighted by atomic mass is 10.0. The van der Waals surface area contributed by atoms with Crippen LogP contribution in [0.15, 0.2) is 48.6 Å². The Balaban J connectivity index is 4.31. The van der Waals surface area contributed by atoms with Crippen LogP contribution in [0.3, 0.4) is 0 Å². The first kappa shape index (κ1) is 62.2. The Hall–Kier alpha value is -2.75. The van der Waals surface area contributed by atoms with E-state index in [-0.39, 0.29) is 32.2 Å². The van der Waals surface area contributed by atoms with Crippen LogP contribution < -0.4 is 0 Å². The number of carbonyl (C=O) groups excluding carboxylic acids is 2. The highest BCUT2D eigenvalue weighted by Gasteiger charge is 2.25. The van der Waals surface area contributed by atoms with E-state index in [0.717, 1.165) is 64.2 Å². The van der Waals surface area contributed by atoms with Crippen molar-refractivity contribution < 1.29 is 42.9 Å². The highest BCUT2D eigenvalue weighted by molar-refractivity contribution is 5.71. The monoisotopic (exact) mass is 917 g/mol. The van der Waals surface area contributed by atoms with Crippen LogP contribution in [0.4, 0.5) is 0 Å². The van der Waals surface area contributed by atoms with Crippen molar-refractivity contribution in [2.75, 3.05) is 47.5 Å². The molecule has 1 N–H and O–H groups in total. The Labute approximate surface area is 400 Å². The van der Waals surface area contributed by atoms with E-state index >= 15 is 0 Å². The lowest BCUT2D eigenvalue weighted by molar-refractivity contribution is -0.870. The number of likely N-dealkylation sites (N-methyl/N-ethyl adjacent to an activating group) is 1. The highest BCUT2D eigenvalue weighted by atomic mass is 16.7. The molecule has 65 heavy (non-hydrogen) atoms. The van der Waals surface area contributed by atoms with E-state index in [4.69, 9.17) is 18.9 Å². The van der Waals surface area contributed by atoms with Gasteiger partial charge < -0.3 is 28.5 Å². The van der Waals surface area contributed by atoms with E-state index < -0.39 is 24.3 Å². The number of esters is 2. The van der Waals surface area contributed by atoms with Crippen LogP contribution in [0, 0.1) is 0 Å². The third-order valence-electron chi connectivity index (χ3n) is 11.6. The summed E-state index contributed by atoms with van der Waals surface area (Å²) in [6.07, 6.45) is 54.6. The third-order valence-corrected chi connectivity index (χ3v) is 11.6. The first-order valence-electron chi connectivity index (χ1n) is 26.8. The van der Waals surface area contributed by atoms with Gasteiger partial charge in [-0.25, -0.2) is 4.79 Å². The minimum atomic E-state index is -1.51. The van der Waals surface area contributed by atoms with Crippen LogP contribution in [-0.4, -0.2) is 87.4 Å². The Morgan fingerprint density at radius 2 is 0.831 bits per heavy atom. The van der Waals surface area contributed by atoms with E-state index in [2.05, 4.69) is 62.5 Å². The summed E-state index contributed by atoms with van der Waals surface area (Å²) >= 11 is 0. The van der Waals surface area contributed by atoms with Gasteiger partial charge in [-0.2, -0.15) is 0 Å². The van der Waals surface area contributed by atoms with Crippen LogP contribution in [0.1, 0.15) is 232 Å². The lowest BCUT2D eigenvalue weighted by Crippen LogP contribution is -2.40. The summed E-state index contributed by atoms with van der Waals surface area (Å²) in [7, 11) is 5.96. The average molecular weight is 917 g/mol. The van der Waals surface area contributed by atoms with E-state index in [9.17, 15) is 19.5 Å². The number of carbonyl (C=O) groups is 3. The number of nitrogens with zero attached hydrogens (tertiary/aromatic N) is 1. The molecule has 0 spiro atoms. The number of rotatable bonds is 49. The fourth-order valence-electron chi connectivity index (χ4n) is 7.37. The molecule has 2 atom stereocenters. The molecule has 0 aliphatic heterocycles. The molecule has 0 saturated heterocycles. The number of quaternary nitrogens is 1. The molecule has 2 unspecified atom stereocenters. The van der Waals surface area contributed by atoms with Gasteiger partial charge in [0.05, 0.1) is 34.4 Å². The van der Waals surface area contributed by atoms with Crippen molar-refractivity contribution in [1.29, 1.82) is 0 Å². The standard InChI is InChI=1S/C56H101NO8/c1-6-8-10-12-14-16-18-20-22-24-25-26-27-28-29-31-33-35-37-39-41-43-45-47-54(59)65-52(51-64-56(55(60)61)62-49-48-57(3,4)5)50-63-53(58)46-44-42-40-38-36-34-32-30-23-21-19-17-15-13-11-9-7-2/h15,17-18,20-21,23-25,52,56H,6-14,16,19,22,26-51H2,1-5H3/p+1/b17-15-,20-18-,23-21-,25-24-. The number of ether oxygens (including phenoxy) is 4. The van der Waals surface area contributed by atoms with E-state index in [1.54, 1.807) is 0 Å². The van der Waals surface area contributed by atoms with E-state index in [0.29, 0.717) is 17.4 Å². The van der Waals surface area contributed by atoms with Crippen LogP contribution in [0.2, 0.25) is 0 Å². The minimum Gasteiger partial charge on any atom is -0.477 e. The summed E-state index contributed by atoms with van der Waals surface area (Å²) in [5.41, 5.74) is 0. The zero-order valence-electron chi connectivity index (χ0n) is 42.9. The van der Waals surface area contributed by atoms with Gasteiger partial charge in [0.25, 0.3) is 6.29 Å². The zero-order valence-corrected chi connectivity index (χ0v) is 42.9. The molecule has 0 saturated carbocycles. The fraction of sp³-hybridized carbons (Fsp3) is 0.804. The normalized spacial score (nSPS) is 13.2. The molecule has 9 heteroatoms. The maximum atomic E-state index is 12.8. The molecule has 378 valence electrons. The van der Waals surface area contributed by atoms with Crippen LogP contribution in [0.5, 0.6) is 0 Å². The topological polar surface area (TPSA) is 108 Å². The van der Waals surface area contributed by atoms with Crippen molar-refractivity contribution >= 4 is 17.9 Å². The fourth-order valence-corrected chi connectivity index (χ4v) is 7.37. The van der Waals surface area contributed by atoms with E-state index in [1.807, 2.05) is 21.1 Å². The smallest absolute Gasteiger partial charge is 0.361 e. The molecule has 9 nitrogen and oxygen atoms in total. The summed E-state index contributed by atoms with van der Waals surface area (Å²) in [6, 6.07) is 0. The SMILES string of the molecule is CCCCC/C=C\C/C=C\CCCCCCCCCC(=O)OCC(COC(OCC[N+](C)(C)C)C(=O)O)OC(=O)CCCCCCCCCCCCC/C=C\C/C=C\CCCCCCC. The number of aliphatic carboxylic acids is 1. The molecular formula is C56H102NO8+. The second-order valence-electron chi connectivity index (χ2n) is 19.2. The quantitative estimate of drug-likeness (QED) is 0.0211. The molecule has 0 aliphatic rings. The maximum absolute atomic E-state index is 12.8. The predicted molar refractivity (Wildman–Crippen MR) is 272 cm³/mol. The molecular weight excluding hydrogens is 815 g/mol. The second-order valence-corrected chi connectivity index (χ2v) is 19.2. The van der Waals surface area contributed by atoms with E-state index in [1.165, 1.54) is 141 Å². The molecule has 0 heterocycles. The Bertz CT molecular complexity index is 1210. The third kappa shape index (κ3) is 49.0. The summed E-state index contributed by atoms with van der Waals surface area (Å²) in [6.45, 7) is 4.84. The Morgan fingerprint density at radius 1 is 0.462 bits per heavy atom. The minimum absolute atomic E-state index is 0.185. The molecule has 0 rings (SSSR count). The van der Waals surface area contributed by atoms with Gasteiger partial charge in [0, 0.05) is 12.8 Å². The van der Waals surface area contributed by atoms with Crippen LogP contribution in [0.25, 0.3) is 0 Å². The van der Waals surface area contributed by atoms with Gasteiger partial charge in [-0.05, 0) is 77.0 Å². The molecule has 0 aliphatic carbocycles. The Kier molecular flexibility index (Phi) is 45.7. The molecule has 0 bridgehead atoms. The Morgan fingerprint density at radius 3 is 1.25 bits per heavy atom. The van der Waals surface area contributed by atoms with Crippen molar-refractivity contribution in [3.63, 3.8) is 0 Å². The molecule has 0 radical (unpaired) electrons. The molecule has 0 aromatic heterocycles. The predicted octanol–water partition coefficient (Wildman–Crippen LogP) is 15.1. The van der Waals surface area contributed by atoms with Crippen molar-refractivity contribution in [1.82, 2.24) is 0 Å². The van der Waals surface area contributed by atoms with Gasteiger partial charge in [0.15, 0.2) is 6.10 Å². The summed E-state index contributed by atoms with van der Waals surface area (Å²) in [4.78, 5) is 37.3. The van der Waals surface area contributed by atoms with Crippen molar-refractivity contribution in [3.05, 3.63) is 48.6 Å². The van der Waals surface area contributed by atoms with Gasteiger partial charge in [-0.15, -0.1) is 0 Å². The maximum Gasteiger partial charge on any atom is 0.361 e. The highest BCUT2D eigenvalue weighted by Crippen LogP contribution is 2.15. The van der Waals surface area contributed by atoms with Gasteiger partial charge >= 0.3 is 17.9 Å². The van der Waals surface area contributed by atoms with Gasteiger partial charge in [0.2, 0.25) is 0 Å². The number of carboxylic acids is 1. The largest absolute Gasteiger partial charge is 0.477 e. The zero-order chi connectivity index (χ0) is 47.7. The van der Waals surface area contributed by atoms with Gasteiger partial charge in [-0.1, -0.05) is 191 Å². The number of unbranched alkanes of at least 4 members (excludes halogenated alkanes) is 26. The molecule has 0 amide bonds. The molecule has 0 fully saturated rings. The number of hydrogen-bond donors (Lipinski definition) is 1. The average Bonchev–Trinajstić information content (AvgIpc) is 3.27. The summed E-state index contributed by atoms with van der Waals surface area (Å²) in [5.74, 6) is -2.01. The summed E-state index contributed by atoms with van der Waals surface area (Å²) in [5, 5.41) is 9.68. The second kappa shape index (κ2) is 47.7. The first-order valence-corrected chi connectivity index (χ1v) is 26.8. The van der Waals surface area contributed by atoms with Crippen molar-refractivity contribution in [3.8, 4) is 0 Å². The summed E-state index contributed by atoms with van der Waals surface area (Å²) < 4.78 is 22.8. The first-order chi connectivity index (χ1) is 31.6.